The van der Waals surface area contributed by atoms with Gasteiger partial charge in [-0.05, 0) is 25.5 Å². The Kier molecular flexibility index (Phi) is 3.99. The molecule has 0 saturated carbocycles. The fourth-order valence-electron chi connectivity index (χ4n) is 2.12. The van der Waals surface area contributed by atoms with Crippen LogP contribution in [0.3, 0.4) is 0 Å². The van der Waals surface area contributed by atoms with E-state index < -0.39 is 0 Å². The normalized spacial score (nSPS) is 10.6. The van der Waals surface area contributed by atoms with Crippen molar-refractivity contribution in [1.82, 2.24) is 9.78 Å². The SMILES string of the molecule is COc1ccccc1-c1cnn(C)c1CCCN. The maximum Gasteiger partial charge on any atom is 0.126 e. The first kappa shape index (κ1) is 12.6. The van der Waals surface area contributed by atoms with Gasteiger partial charge in [-0.2, -0.15) is 5.10 Å². The van der Waals surface area contributed by atoms with E-state index in [9.17, 15) is 0 Å². The van der Waals surface area contributed by atoms with E-state index in [1.165, 1.54) is 5.69 Å². The molecule has 0 saturated heterocycles. The van der Waals surface area contributed by atoms with Crippen LogP contribution in [-0.4, -0.2) is 23.4 Å². The molecular formula is C14H19N3O. The molecule has 0 aliphatic heterocycles. The molecular weight excluding hydrogens is 226 g/mol. The van der Waals surface area contributed by atoms with Crippen molar-refractivity contribution in [2.75, 3.05) is 13.7 Å². The lowest BCUT2D eigenvalue weighted by atomic mass is 10.0. The Morgan fingerprint density at radius 1 is 1.28 bits per heavy atom. The lowest BCUT2D eigenvalue weighted by molar-refractivity contribution is 0.416. The standard InChI is InChI=1S/C14H19N3O/c1-17-13(7-5-9-15)12(10-16-17)11-6-3-4-8-14(11)18-2/h3-4,6,8,10H,5,7,9,15H2,1-2H3. The molecule has 2 aromatic rings. The van der Waals surface area contributed by atoms with Crippen LogP contribution in [0.25, 0.3) is 11.1 Å². The molecule has 2 N–H and O–H groups in total. The van der Waals surface area contributed by atoms with Crippen molar-refractivity contribution in [3.63, 3.8) is 0 Å². The summed E-state index contributed by atoms with van der Waals surface area (Å²) in [6.45, 7) is 0.691. The van der Waals surface area contributed by atoms with Gasteiger partial charge in [0.2, 0.25) is 0 Å². The second-order valence-corrected chi connectivity index (χ2v) is 4.22. The van der Waals surface area contributed by atoms with Crippen molar-refractivity contribution in [3.05, 3.63) is 36.2 Å². The smallest absolute Gasteiger partial charge is 0.126 e. The highest BCUT2D eigenvalue weighted by molar-refractivity contribution is 5.71. The van der Waals surface area contributed by atoms with Crippen LogP contribution in [-0.2, 0) is 13.5 Å². The summed E-state index contributed by atoms with van der Waals surface area (Å²) >= 11 is 0. The Bertz CT molecular complexity index is 520. The van der Waals surface area contributed by atoms with E-state index in [0.717, 1.165) is 29.7 Å². The number of aryl methyl sites for hydroxylation is 1. The number of nitrogens with zero attached hydrogens (tertiary/aromatic N) is 2. The molecule has 4 nitrogen and oxygen atoms in total. The number of nitrogens with two attached hydrogens (primary N) is 1. The van der Waals surface area contributed by atoms with Gasteiger partial charge in [-0.1, -0.05) is 18.2 Å². The maximum absolute atomic E-state index is 5.59. The number of methoxy groups -OCH3 is 1. The Morgan fingerprint density at radius 2 is 2.06 bits per heavy atom. The minimum Gasteiger partial charge on any atom is -0.496 e. The summed E-state index contributed by atoms with van der Waals surface area (Å²) in [5, 5.41) is 4.34. The topological polar surface area (TPSA) is 53.1 Å². The van der Waals surface area contributed by atoms with Crippen molar-refractivity contribution in [1.29, 1.82) is 0 Å². The summed E-state index contributed by atoms with van der Waals surface area (Å²) in [6, 6.07) is 8.01. The van der Waals surface area contributed by atoms with Gasteiger partial charge >= 0.3 is 0 Å². The molecule has 1 heterocycles. The van der Waals surface area contributed by atoms with Crippen LogP contribution in [0.2, 0.25) is 0 Å². The molecule has 0 unspecified atom stereocenters. The van der Waals surface area contributed by atoms with E-state index in [0.29, 0.717) is 6.54 Å². The van der Waals surface area contributed by atoms with Gasteiger partial charge < -0.3 is 10.5 Å². The number of benzene rings is 1. The minimum atomic E-state index is 0.691. The van der Waals surface area contributed by atoms with Crippen molar-refractivity contribution in [2.45, 2.75) is 12.8 Å². The number of rotatable bonds is 5. The molecule has 18 heavy (non-hydrogen) atoms. The van der Waals surface area contributed by atoms with Crippen molar-refractivity contribution >= 4 is 0 Å². The molecule has 0 radical (unpaired) electrons. The van der Waals surface area contributed by atoms with E-state index in [1.807, 2.05) is 36.1 Å². The molecule has 0 amide bonds. The quantitative estimate of drug-likeness (QED) is 0.876. The third-order valence-electron chi connectivity index (χ3n) is 3.08. The first-order valence-electron chi connectivity index (χ1n) is 6.12. The van der Waals surface area contributed by atoms with Crippen LogP contribution < -0.4 is 10.5 Å². The molecule has 0 fully saturated rings. The lowest BCUT2D eigenvalue weighted by Gasteiger charge is -2.09. The lowest BCUT2D eigenvalue weighted by Crippen LogP contribution is -2.05. The van der Waals surface area contributed by atoms with Crippen molar-refractivity contribution < 1.29 is 4.74 Å². The summed E-state index contributed by atoms with van der Waals surface area (Å²) in [7, 11) is 3.65. The monoisotopic (exact) mass is 245 g/mol. The Hall–Kier alpha value is -1.81. The minimum absolute atomic E-state index is 0.691. The number of hydrogen-bond donors (Lipinski definition) is 1. The molecule has 0 aliphatic rings. The molecule has 0 atom stereocenters. The first-order chi connectivity index (χ1) is 8.77. The summed E-state index contributed by atoms with van der Waals surface area (Å²) in [4.78, 5) is 0. The molecule has 96 valence electrons. The van der Waals surface area contributed by atoms with Gasteiger partial charge in [-0.25, -0.2) is 0 Å². The molecule has 1 aromatic carbocycles. The van der Waals surface area contributed by atoms with E-state index in [-0.39, 0.29) is 0 Å². The largest absolute Gasteiger partial charge is 0.496 e. The zero-order chi connectivity index (χ0) is 13.0. The Morgan fingerprint density at radius 3 is 2.78 bits per heavy atom. The van der Waals surface area contributed by atoms with E-state index in [1.54, 1.807) is 7.11 Å². The predicted molar refractivity (Wildman–Crippen MR) is 72.6 cm³/mol. The zero-order valence-electron chi connectivity index (χ0n) is 10.9. The van der Waals surface area contributed by atoms with Crippen LogP contribution in [0, 0.1) is 0 Å². The number of para-hydroxylation sites is 1. The van der Waals surface area contributed by atoms with Crippen LogP contribution in [0.4, 0.5) is 0 Å². The van der Waals surface area contributed by atoms with Crippen molar-refractivity contribution in [2.24, 2.45) is 12.8 Å². The van der Waals surface area contributed by atoms with Crippen LogP contribution in [0.1, 0.15) is 12.1 Å². The molecule has 4 heteroatoms. The maximum atomic E-state index is 5.59. The molecule has 2 rings (SSSR count). The average Bonchev–Trinajstić information content (AvgIpc) is 2.77. The number of hydrogen-bond acceptors (Lipinski definition) is 3. The van der Waals surface area contributed by atoms with Crippen LogP contribution in [0.5, 0.6) is 5.75 Å². The summed E-state index contributed by atoms with van der Waals surface area (Å²) in [6.07, 6.45) is 3.78. The molecule has 0 spiro atoms. The second kappa shape index (κ2) is 5.69. The van der Waals surface area contributed by atoms with Gasteiger partial charge in [0.25, 0.3) is 0 Å². The highest BCUT2D eigenvalue weighted by Crippen LogP contribution is 2.32. The van der Waals surface area contributed by atoms with Crippen LogP contribution >= 0.6 is 0 Å². The van der Waals surface area contributed by atoms with Crippen LogP contribution in [0.15, 0.2) is 30.5 Å². The average molecular weight is 245 g/mol. The van der Waals surface area contributed by atoms with Gasteiger partial charge in [-0.15, -0.1) is 0 Å². The first-order valence-corrected chi connectivity index (χ1v) is 6.12. The third-order valence-corrected chi connectivity index (χ3v) is 3.08. The summed E-state index contributed by atoms with van der Waals surface area (Å²) < 4.78 is 7.32. The van der Waals surface area contributed by atoms with Crippen molar-refractivity contribution in [3.8, 4) is 16.9 Å². The van der Waals surface area contributed by atoms with E-state index in [2.05, 4.69) is 11.2 Å². The highest BCUT2D eigenvalue weighted by atomic mass is 16.5. The Balaban J connectivity index is 2.43. The number of aromatic nitrogens is 2. The highest BCUT2D eigenvalue weighted by Gasteiger charge is 2.13. The van der Waals surface area contributed by atoms with Gasteiger partial charge in [0.05, 0.1) is 13.3 Å². The van der Waals surface area contributed by atoms with E-state index in [4.69, 9.17) is 10.5 Å². The zero-order valence-corrected chi connectivity index (χ0v) is 10.9. The second-order valence-electron chi connectivity index (χ2n) is 4.22. The van der Waals surface area contributed by atoms with E-state index >= 15 is 0 Å². The third kappa shape index (κ3) is 2.38. The number of ether oxygens (including phenoxy) is 1. The van der Waals surface area contributed by atoms with Gasteiger partial charge in [0.1, 0.15) is 5.75 Å². The Labute approximate surface area is 107 Å². The summed E-state index contributed by atoms with van der Waals surface area (Å²) in [5.41, 5.74) is 9.00. The summed E-state index contributed by atoms with van der Waals surface area (Å²) in [5.74, 6) is 0.875. The fourth-order valence-corrected chi connectivity index (χ4v) is 2.12. The molecule has 0 aliphatic carbocycles. The van der Waals surface area contributed by atoms with Gasteiger partial charge in [0.15, 0.2) is 0 Å². The van der Waals surface area contributed by atoms with Gasteiger partial charge in [0, 0.05) is 23.9 Å². The predicted octanol–water partition coefficient (Wildman–Crippen LogP) is 1.99. The molecule has 0 bridgehead atoms. The van der Waals surface area contributed by atoms with Gasteiger partial charge in [-0.3, -0.25) is 4.68 Å². The fraction of sp³-hybridized carbons (Fsp3) is 0.357. The molecule has 1 aromatic heterocycles.